The van der Waals surface area contributed by atoms with Crippen LogP contribution in [0.1, 0.15) is 13.8 Å². The fourth-order valence-corrected chi connectivity index (χ4v) is 2.34. The number of ether oxygens (including phenoxy) is 1. The Balaban J connectivity index is 3.40. The van der Waals surface area contributed by atoms with E-state index in [1.54, 1.807) is 0 Å². The quantitative estimate of drug-likeness (QED) is 0.154. The van der Waals surface area contributed by atoms with E-state index in [1.807, 2.05) is 0 Å². The predicted molar refractivity (Wildman–Crippen MR) is 81.6 cm³/mol. The molecule has 1 aliphatic rings. The topological polar surface area (TPSA) is 256 Å². The molecule has 0 aromatic carbocycles. The van der Waals surface area contributed by atoms with E-state index in [0.29, 0.717) is 0 Å². The van der Waals surface area contributed by atoms with Gasteiger partial charge in [-0.1, -0.05) is 0 Å². The molecule has 0 aromatic heterocycles. The van der Waals surface area contributed by atoms with Crippen molar-refractivity contribution in [1.82, 2.24) is 0 Å². The summed E-state index contributed by atoms with van der Waals surface area (Å²) in [5.74, 6) is -9.83. The second kappa shape index (κ2) is 9.58. The van der Waals surface area contributed by atoms with Crippen LogP contribution in [0.25, 0.3) is 0 Å². The van der Waals surface area contributed by atoms with Gasteiger partial charge in [0, 0.05) is 13.8 Å². The van der Waals surface area contributed by atoms with Crippen LogP contribution in [-0.4, -0.2) is 108 Å². The molecule has 7 atom stereocenters. The summed E-state index contributed by atoms with van der Waals surface area (Å²) >= 11 is 0. The fourth-order valence-electron chi connectivity index (χ4n) is 2.34. The number of hydrogen-bond acceptors (Lipinski definition) is 16. The van der Waals surface area contributed by atoms with Gasteiger partial charge in [0.15, 0.2) is 6.10 Å². The van der Waals surface area contributed by atoms with Gasteiger partial charge in [0.25, 0.3) is 0 Å². The minimum absolute atomic E-state index is 0.744. The summed E-state index contributed by atoms with van der Waals surface area (Å²) < 4.78 is 4.69. The summed E-state index contributed by atoms with van der Waals surface area (Å²) in [6, 6.07) is 0. The van der Waals surface area contributed by atoms with Crippen LogP contribution in [-0.2, 0) is 43.5 Å². The van der Waals surface area contributed by atoms with E-state index in [0.717, 1.165) is 13.8 Å². The van der Waals surface area contributed by atoms with E-state index in [-0.39, 0.29) is 0 Å². The highest BCUT2D eigenvalue weighted by molar-refractivity contribution is 5.90. The lowest BCUT2D eigenvalue weighted by molar-refractivity contribution is -0.381. The maximum atomic E-state index is 12.3. The van der Waals surface area contributed by atoms with Gasteiger partial charge in [-0.15, -0.1) is 0 Å². The van der Waals surface area contributed by atoms with E-state index in [9.17, 15) is 54.9 Å². The summed E-state index contributed by atoms with van der Waals surface area (Å²) in [6.45, 7) is 0.0414. The zero-order valence-corrected chi connectivity index (χ0v) is 15.4. The van der Waals surface area contributed by atoms with Crippen molar-refractivity contribution in [2.24, 2.45) is 0 Å². The lowest BCUT2D eigenvalue weighted by Gasteiger charge is -2.49. The number of aliphatic hydroxyl groups excluding tert-OH is 5. The van der Waals surface area contributed by atoms with Gasteiger partial charge in [-0.2, -0.15) is 0 Å². The van der Waals surface area contributed by atoms with E-state index in [1.165, 1.54) is 0 Å². The zero-order valence-electron chi connectivity index (χ0n) is 15.4. The van der Waals surface area contributed by atoms with E-state index in [2.05, 4.69) is 24.3 Å². The third-order valence-corrected chi connectivity index (χ3v) is 3.88. The molecule has 1 rings (SSSR count). The first-order chi connectivity index (χ1) is 13.7. The minimum atomic E-state index is -3.84. The van der Waals surface area contributed by atoms with Crippen LogP contribution >= 0.6 is 0 Å². The molecule has 0 spiro atoms. The summed E-state index contributed by atoms with van der Waals surface area (Å²) in [4.78, 5) is 61.2. The standard InChI is InChI=1S/C14H20O16/c1-4(16)27-29-11(22)9(21)14(25,12(23)30-28-5(2)17)10-7(19)6(18)8(20)13(24,3-15)26-10/h6-10,15,18-21,24-25H,3H2,1-2H3/t6-,7+,8+,9?,10?,13+,14?/m1/s1. The number of hydrogen-bond donors (Lipinski definition) is 7. The molecule has 0 amide bonds. The Morgan fingerprint density at radius 2 is 1.50 bits per heavy atom. The molecule has 7 N–H and O–H groups in total. The molecule has 1 fully saturated rings. The maximum absolute atomic E-state index is 12.3. The van der Waals surface area contributed by atoms with Gasteiger partial charge in [0.2, 0.25) is 11.4 Å². The molecule has 0 aromatic rings. The largest absolute Gasteiger partial charge is 0.392 e. The van der Waals surface area contributed by atoms with Crippen LogP contribution in [0, 0.1) is 0 Å². The van der Waals surface area contributed by atoms with Crippen LogP contribution in [0.15, 0.2) is 0 Å². The van der Waals surface area contributed by atoms with Crippen LogP contribution in [0.5, 0.6) is 0 Å². The highest BCUT2D eigenvalue weighted by Gasteiger charge is 2.66. The lowest BCUT2D eigenvalue weighted by Crippen LogP contribution is -2.75. The zero-order chi connectivity index (χ0) is 23.4. The summed E-state index contributed by atoms with van der Waals surface area (Å²) in [7, 11) is 0. The molecule has 0 saturated carbocycles. The van der Waals surface area contributed by atoms with Gasteiger partial charge >= 0.3 is 23.9 Å². The van der Waals surface area contributed by atoms with Crippen LogP contribution in [0.4, 0.5) is 0 Å². The smallest absolute Gasteiger partial charge is 0.391 e. The molecular formula is C14H20O16. The van der Waals surface area contributed by atoms with Crippen molar-refractivity contribution in [3.63, 3.8) is 0 Å². The molecule has 30 heavy (non-hydrogen) atoms. The molecule has 0 aliphatic carbocycles. The molecule has 0 radical (unpaired) electrons. The highest BCUT2D eigenvalue weighted by Crippen LogP contribution is 2.36. The maximum Gasteiger partial charge on any atom is 0.392 e. The normalized spacial score (nSPS) is 31.6. The van der Waals surface area contributed by atoms with Crippen molar-refractivity contribution in [2.75, 3.05) is 6.61 Å². The molecule has 16 heteroatoms. The first kappa shape index (κ1) is 25.6. The van der Waals surface area contributed by atoms with Crippen LogP contribution < -0.4 is 0 Å². The van der Waals surface area contributed by atoms with E-state index >= 15 is 0 Å². The second-order valence-corrected chi connectivity index (χ2v) is 6.12. The number of rotatable bonds is 5. The van der Waals surface area contributed by atoms with Gasteiger partial charge in [-0.25, -0.2) is 38.7 Å². The van der Waals surface area contributed by atoms with Crippen molar-refractivity contribution in [3.8, 4) is 0 Å². The van der Waals surface area contributed by atoms with E-state index < -0.39 is 72.4 Å². The number of carbonyl (C=O) groups is 4. The first-order valence-corrected chi connectivity index (χ1v) is 7.96. The first-order valence-electron chi connectivity index (χ1n) is 7.96. The van der Waals surface area contributed by atoms with Crippen molar-refractivity contribution in [1.29, 1.82) is 0 Å². The summed E-state index contributed by atoms with van der Waals surface area (Å²) in [6.07, 6.45) is -13.2. The predicted octanol–water partition coefficient (Wildman–Crippen LogP) is -5.72. The Hall–Kier alpha value is -2.44. The summed E-state index contributed by atoms with van der Waals surface area (Å²) in [5, 5.41) is 69.8. The Kier molecular flexibility index (Phi) is 8.17. The number of carbonyl (C=O) groups excluding carboxylic acids is 4. The third-order valence-electron chi connectivity index (χ3n) is 3.88. The number of aliphatic hydroxyl groups is 7. The van der Waals surface area contributed by atoms with Gasteiger partial charge in [0.05, 0.1) is 6.61 Å². The van der Waals surface area contributed by atoms with Gasteiger partial charge in [-0.3, -0.25) is 0 Å². The minimum Gasteiger partial charge on any atom is -0.391 e. The average molecular weight is 444 g/mol. The third kappa shape index (κ3) is 4.99. The van der Waals surface area contributed by atoms with Crippen LogP contribution in [0.2, 0.25) is 0 Å². The van der Waals surface area contributed by atoms with Crippen LogP contribution in [0.3, 0.4) is 0 Å². The molecule has 16 nitrogen and oxygen atoms in total. The van der Waals surface area contributed by atoms with E-state index in [4.69, 9.17) is 0 Å². The SMILES string of the molecule is CC(=O)OOC(=O)C(O)C(O)(C(=O)OOC(C)=O)C1O[C@@](O)(CO)[C@@H](O)[C@H](O)[C@@H]1O. The van der Waals surface area contributed by atoms with Gasteiger partial charge in [-0.05, 0) is 0 Å². The van der Waals surface area contributed by atoms with Gasteiger partial charge < -0.3 is 40.5 Å². The Morgan fingerprint density at radius 1 is 1.00 bits per heavy atom. The van der Waals surface area contributed by atoms with Crippen molar-refractivity contribution in [3.05, 3.63) is 0 Å². The van der Waals surface area contributed by atoms with Crippen molar-refractivity contribution in [2.45, 2.75) is 55.8 Å². The fraction of sp³-hybridized carbons (Fsp3) is 0.714. The molecule has 172 valence electrons. The monoisotopic (exact) mass is 444 g/mol. The molecule has 3 unspecified atom stereocenters. The molecule has 1 aliphatic heterocycles. The van der Waals surface area contributed by atoms with Crippen molar-refractivity contribution >= 4 is 23.9 Å². The Morgan fingerprint density at radius 3 is 1.97 bits per heavy atom. The summed E-state index contributed by atoms with van der Waals surface area (Å²) in [5.41, 5.74) is -3.84. The Bertz CT molecular complexity index is 679. The second-order valence-electron chi connectivity index (χ2n) is 6.12. The molecule has 1 saturated heterocycles. The average Bonchev–Trinajstić information content (AvgIpc) is 2.69. The Labute approximate surface area is 166 Å². The highest BCUT2D eigenvalue weighted by atomic mass is 17.2. The molecule has 1 heterocycles. The van der Waals surface area contributed by atoms with Gasteiger partial charge in [0.1, 0.15) is 24.4 Å². The molecule has 0 bridgehead atoms. The molecular weight excluding hydrogens is 424 g/mol. The van der Waals surface area contributed by atoms with Crippen molar-refractivity contribution < 1.29 is 79.2 Å². The lowest BCUT2D eigenvalue weighted by atomic mass is 9.80.